The Hall–Kier alpha value is -1.10. The summed E-state index contributed by atoms with van der Waals surface area (Å²) < 4.78 is 5.77. The van der Waals surface area contributed by atoms with Crippen molar-refractivity contribution in [3.05, 3.63) is 34.9 Å². The van der Waals surface area contributed by atoms with Crippen molar-refractivity contribution in [3.8, 4) is 0 Å². The zero-order valence-electron chi connectivity index (χ0n) is 12.8. The van der Waals surface area contributed by atoms with Gasteiger partial charge in [0.15, 0.2) is 0 Å². The number of aliphatic hydroxyl groups is 1. The van der Waals surface area contributed by atoms with Crippen LogP contribution in [0.15, 0.2) is 24.3 Å². The molecule has 22 heavy (non-hydrogen) atoms. The highest BCUT2D eigenvalue weighted by Crippen LogP contribution is 2.41. The predicted molar refractivity (Wildman–Crippen MR) is 84.7 cm³/mol. The molecule has 120 valence electrons. The second-order valence-electron chi connectivity index (χ2n) is 6.56. The van der Waals surface area contributed by atoms with Gasteiger partial charge in [0, 0.05) is 11.6 Å². The SMILES string of the molecule is CC(O)(CC(=O)N1CCOC(c2ccc(Cl)cc2)C1)C1CC1. The van der Waals surface area contributed by atoms with E-state index in [2.05, 4.69) is 0 Å². The molecule has 0 aromatic heterocycles. The average Bonchev–Trinajstić information content (AvgIpc) is 3.33. The molecule has 3 rings (SSSR count). The lowest BCUT2D eigenvalue weighted by Crippen LogP contribution is -2.45. The van der Waals surface area contributed by atoms with Crippen molar-refractivity contribution in [2.45, 2.75) is 37.9 Å². The van der Waals surface area contributed by atoms with Crippen molar-refractivity contribution in [2.75, 3.05) is 19.7 Å². The maximum Gasteiger partial charge on any atom is 0.225 e. The minimum absolute atomic E-state index is 0.0131. The van der Waals surface area contributed by atoms with E-state index in [1.165, 1.54) is 0 Å². The third-order valence-corrected chi connectivity index (χ3v) is 4.88. The fraction of sp³-hybridized carbons (Fsp3) is 0.588. The first-order chi connectivity index (χ1) is 10.5. The zero-order valence-corrected chi connectivity index (χ0v) is 13.6. The number of carbonyl (C=O) groups is 1. The van der Waals surface area contributed by atoms with E-state index in [9.17, 15) is 9.90 Å². The molecule has 1 saturated heterocycles. The van der Waals surface area contributed by atoms with Crippen molar-refractivity contribution in [2.24, 2.45) is 5.92 Å². The highest BCUT2D eigenvalue weighted by molar-refractivity contribution is 6.30. The lowest BCUT2D eigenvalue weighted by Gasteiger charge is -2.35. The number of benzene rings is 1. The van der Waals surface area contributed by atoms with E-state index in [0.717, 1.165) is 18.4 Å². The number of ether oxygens (including phenoxy) is 1. The molecule has 2 fully saturated rings. The van der Waals surface area contributed by atoms with E-state index in [1.807, 2.05) is 24.3 Å². The first-order valence-electron chi connectivity index (χ1n) is 7.83. The number of halogens is 1. The van der Waals surface area contributed by atoms with Crippen LogP contribution in [0.3, 0.4) is 0 Å². The molecule has 1 aromatic carbocycles. The quantitative estimate of drug-likeness (QED) is 0.927. The summed E-state index contributed by atoms with van der Waals surface area (Å²) in [7, 11) is 0. The molecule has 2 aliphatic rings. The number of morpholine rings is 1. The molecule has 1 N–H and O–H groups in total. The van der Waals surface area contributed by atoms with Crippen LogP contribution in [0.25, 0.3) is 0 Å². The van der Waals surface area contributed by atoms with Gasteiger partial charge in [-0.05, 0) is 43.4 Å². The number of amides is 1. The topological polar surface area (TPSA) is 49.8 Å². The first-order valence-corrected chi connectivity index (χ1v) is 8.21. The van der Waals surface area contributed by atoms with Gasteiger partial charge in [-0.15, -0.1) is 0 Å². The van der Waals surface area contributed by atoms with E-state index in [-0.39, 0.29) is 24.3 Å². The van der Waals surface area contributed by atoms with Crippen LogP contribution in [-0.4, -0.2) is 41.2 Å². The second kappa shape index (κ2) is 6.19. The van der Waals surface area contributed by atoms with Crippen LogP contribution < -0.4 is 0 Å². The molecule has 2 atom stereocenters. The summed E-state index contributed by atoms with van der Waals surface area (Å²) in [5, 5.41) is 11.1. The minimum Gasteiger partial charge on any atom is -0.389 e. The molecule has 5 heteroatoms. The van der Waals surface area contributed by atoms with E-state index in [1.54, 1.807) is 11.8 Å². The number of rotatable bonds is 4. The van der Waals surface area contributed by atoms with Gasteiger partial charge in [-0.3, -0.25) is 4.79 Å². The summed E-state index contributed by atoms with van der Waals surface area (Å²) in [5.74, 6) is 0.295. The molecule has 1 aliphatic heterocycles. The Morgan fingerprint density at radius 1 is 1.41 bits per heavy atom. The van der Waals surface area contributed by atoms with Crippen LogP contribution in [0, 0.1) is 5.92 Å². The number of hydrogen-bond acceptors (Lipinski definition) is 3. The first kappa shape index (κ1) is 15.8. The molecule has 4 nitrogen and oxygen atoms in total. The molecular formula is C17H22ClNO3. The molecule has 0 radical (unpaired) electrons. The highest BCUT2D eigenvalue weighted by Gasteiger charge is 2.42. The minimum atomic E-state index is -0.870. The Morgan fingerprint density at radius 2 is 2.09 bits per heavy atom. The fourth-order valence-corrected chi connectivity index (χ4v) is 3.15. The van der Waals surface area contributed by atoms with Gasteiger partial charge in [0.25, 0.3) is 0 Å². The summed E-state index contributed by atoms with van der Waals surface area (Å²) in [6.07, 6.45) is 2.12. The standard InChI is InChI=1S/C17H22ClNO3/c1-17(21,13-4-5-13)10-16(20)19-8-9-22-15(11-19)12-2-6-14(18)7-3-12/h2-3,6-7,13,15,21H,4-5,8-11H2,1H3. The van der Waals surface area contributed by atoms with Crippen LogP contribution >= 0.6 is 11.6 Å². The van der Waals surface area contributed by atoms with Gasteiger partial charge in [0.1, 0.15) is 6.10 Å². The average molecular weight is 324 g/mol. The van der Waals surface area contributed by atoms with Crippen LogP contribution in [0.5, 0.6) is 0 Å². The van der Waals surface area contributed by atoms with Gasteiger partial charge in [0.2, 0.25) is 5.91 Å². The molecule has 1 heterocycles. The van der Waals surface area contributed by atoms with Gasteiger partial charge >= 0.3 is 0 Å². The van der Waals surface area contributed by atoms with Gasteiger partial charge in [-0.25, -0.2) is 0 Å². The predicted octanol–water partition coefficient (Wildman–Crippen LogP) is 2.79. The van der Waals surface area contributed by atoms with E-state index in [0.29, 0.717) is 24.7 Å². The Balaban J connectivity index is 1.62. The third kappa shape index (κ3) is 3.62. The molecule has 1 saturated carbocycles. The largest absolute Gasteiger partial charge is 0.389 e. The van der Waals surface area contributed by atoms with Crippen LogP contribution in [0.2, 0.25) is 5.02 Å². The monoisotopic (exact) mass is 323 g/mol. The maximum absolute atomic E-state index is 12.5. The summed E-state index contributed by atoms with van der Waals surface area (Å²) in [5.41, 5.74) is 0.154. The Kier molecular flexibility index (Phi) is 4.44. The molecule has 2 unspecified atom stereocenters. The zero-order chi connectivity index (χ0) is 15.7. The second-order valence-corrected chi connectivity index (χ2v) is 7.00. The number of nitrogens with zero attached hydrogens (tertiary/aromatic N) is 1. The molecule has 0 spiro atoms. The van der Waals surface area contributed by atoms with Gasteiger partial charge in [0.05, 0.1) is 25.2 Å². The maximum atomic E-state index is 12.5. The van der Waals surface area contributed by atoms with E-state index >= 15 is 0 Å². The number of carbonyl (C=O) groups excluding carboxylic acids is 1. The number of hydrogen-bond donors (Lipinski definition) is 1. The molecular weight excluding hydrogens is 302 g/mol. The molecule has 1 amide bonds. The molecule has 0 bridgehead atoms. The lowest BCUT2D eigenvalue weighted by molar-refractivity contribution is -0.144. The Labute approximate surface area is 136 Å². The van der Waals surface area contributed by atoms with Gasteiger partial charge < -0.3 is 14.7 Å². The van der Waals surface area contributed by atoms with Crippen molar-refractivity contribution in [1.29, 1.82) is 0 Å². The smallest absolute Gasteiger partial charge is 0.225 e. The Bertz CT molecular complexity index is 539. The van der Waals surface area contributed by atoms with Gasteiger partial charge in [-0.2, -0.15) is 0 Å². The van der Waals surface area contributed by atoms with Crippen LogP contribution in [0.1, 0.15) is 37.9 Å². The Morgan fingerprint density at radius 3 is 2.73 bits per heavy atom. The van der Waals surface area contributed by atoms with Crippen molar-refractivity contribution >= 4 is 17.5 Å². The molecule has 1 aromatic rings. The lowest BCUT2D eigenvalue weighted by atomic mass is 9.95. The van der Waals surface area contributed by atoms with Crippen molar-refractivity contribution in [3.63, 3.8) is 0 Å². The van der Waals surface area contributed by atoms with Crippen molar-refractivity contribution in [1.82, 2.24) is 4.90 Å². The van der Waals surface area contributed by atoms with Crippen molar-refractivity contribution < 1.29 is 14.6 Å². The van der Waals surface area contributed by atoms with E-state index in [4.69, 9.17) is 16.3 Å². The van der Waals surface area contributed by atoms with Gasteiger partial charge in [-0.1, -0.05) is 23.7 Å². The summed E-state index contributed by atoms with van der Waals surface area (Å²) >= 11 is 5.90. The van der Waals surface area contributed by atoms with Crippen LogP contribution in [-0.2, 0) is 9.53 Å². The van der Waals surface area contributed by atoms with Crippen LogP contribution in [0.4, 0.5) is 0 Å². The molecule has 1 aliphatic carbocycles. The summed E-state index contributed by atoms with van der Waals surface area (Å²) in [6, 6.07) is 7.53. The van der Waals surface area contributed by atoms with E-state index < -0.39 is 5.60 Å². The summed E-state index contributed by atoms with van der Waals surface area (Å²) in [6.45, 7) is 3.41. The third-order valence-electron chi connectivity index (χ3n) is 4.63. The highest BCUT2D eigenvalue weighted by atomic mass is 35.5. The normalized spacial score (nSPS) is 24.9. The fourth-order valence-electron chi connectivity index (χ4n) is 3.02. The summed E-state index contributed by atoms with van der Waals surface area (Å²) in [4.78, 5) is 14.3.